The Morgan fingerprint density at radius 3 is 2.38 bits per heavy atom. The third kappa shape index (κ3) is 3.80. The van der Waals surface area contributed by atoms with Gasteiger partial charge in [0.15, 0.2) is 22.9 Å². The molecule has 3 aromatic rings. The van der Waals surface area contributed by atoms with Gasteiger partial charge in [-0.15, -0.1) is 0 Å². The lowest BCUT2D eigenvalue weighted by Crippen LogP contribution is -2.61. The molecule has 2 aromatic carbocycles. The number of carbonyl (C=O) groups is 1. The van der Waals surface area contributed by atoms with Gasteiger partial charge in [0, 0.05) is 11.6 Å². The molecule has 0 saturated carbocycles. The molecule has 0 amide bonds. The number of aliphatic carboxylic acids is 1. The van der Waals surface area contributed by atoms with Crippen LogP contribution < -0.4 is 14.9 Å². The van der Waals surface area contributed by atoms with E-state index in [1.807, 2.05) is 6.07 Å². The number of carboxylic acids is 1. The molecule has 2 heterocycles. The number of aliphatic hydroxyl groups is 3. The molecule has 5 atom stereocenters. The van der Waals surface area contributed by atoms with E-state index in [9.17, 15) is 30.0 Å². The number of rotatable bonds is 5. The normalized spacial score (nSPS) is 25.4. The van der Waals surface area contributed by atoms with Crippen molar-refractivity contribution in [3.05, 3.63) is 58.8 Å². The van der Waals surface area contributed by atoms with Gasteiger partial charge >= 0.3 is 5.97 Å². The Morgan fingerprint density at radius 2 is 1.72 bits per heavy atom. The molecule has 1 aliphatic heterocycles. The number of carboxylic acid groups (broad SMARTS) is 1. The Bertz CT molecular complexity index is 1190. The summed E-state index contributed by atoms with van der Waals surface area (Å²) in [5.41, 5.74) is 0.401. The molecule has 4 N–H and O–H groups in total. The molecule has 1 saturated heterocycles. The first-order valence-corrected chi connectivity index (χ1v) is 9.61. The van der Waals surface area contributed by atoms with Gasteiger partial charge in [-0.3, -0.25) is 4.79 Å². The molecule has 0 aliphatic carbocycles. The highest BCUT2D eigenvalue weighted by Crippen LogP contribution is 2.38. The Kier molecular flexibility index (Phi) is 5.85. The first-order chi connectivity index (χ1) is 15.3. The molecule has 0 bridgehead atoms. The van der Waals surface area contributed by atoms with Gasteiger partial charge in [0.2, 0.25) is 12.0 Å². The Hall–Kier alpha value is -3.44. The largest absolute Gasteiger partial charge is 0.490 e. The third-order valence-electron chi connectivity index (χ3n) is 5.13. The molecule has 0 spiro atoms. The van der Waals surface area contributed by atoms with Crippen LogP contribution in [-0.4, -0.2) is 64.2 Å². The lowest BCUT2D eigenvalue weighted by molar-refractivity contribution is -0.271. The van der Waals surface area contributed by atoms with Crippen molar-refractivity contribution >= 4 is 16.9 Å². The Balaban J connectivity index is 1.76. The average molecular weight is 444 g/mol. The predicted octanol–water partition coefficient (Wildman–Crippen LogP) is 0.740. The number of aliphatic hydroxyl groups excluding tert-OH is 3. The van der Waals surface area contributed by atoms with E-state index in [0.29, 0.717) is 5.56 Å². The van der Waals surface area contributed by atoms with E-state index >= 15 is 0 Å². The van der Waals surface area contributed by atoms with E-state index in [0.717, 1.165) is 0 Å². The van der Waals surface area contributed by atoms with Crippen molar-refractivity contribution in [1.82, 2.24) is 0 Å². The molecule has 32 heavy (non-hydrogen) atoms. The summed E-state index contributed by atoms with van der Waals surface area (Å²) in [6.07, 6.45) is -8.92. The topological polar surface area (TPSA) is 156 Å². The van der Waals surface area contributed by atoms with E-state index in [-0.39, 0.29) is 33.7 Å². The summed E-state index contributed by atoms with van der Waals surface area (Å²) in [5, 5.41) is 39.4. The summed E-state index contributed by atoms with van der Waals surface area (Å²) >= 11 is 0. The second-order valence-electron chi connectivity index (χ2n) is 7.17. The zero-order valence-electron chi connectivity index (χ0n) is 16.7. The molecule has 10 nitrogen and oxygen atoms in total. The molecule has 1 aromatic heterocycles. The first kappa shape index (κ1) is 21.8. The van der Waals surface area contributed by atoms with Crippen molar-refractivity contribution in [2.75, 3.05) is 7.11 Å². The smallest absolute Gasteiger partial charge is 0.335 e. The summed E-state index contributed by atoms with van der Waals surface area (Å²) in [5.74, 6) is -1.29. The van der Waals surface area contributed by atoms with Crippen molar-refractivity contribution in [3.63, 3.8) is 0 Å². The number of ether oxygens (including phenoxy) is 3. The van der Waals surface area contributed by atoms with Crippen LogP contribution in [0.1, 0.15) is 0 Å². The number of hydrogen-bond acceptors (Lipinski definition) is 9. The molecule has 168 valence electrons. The molecule has 0 radical (unpaired) electrons. The fourth-order valence-electron chi connectivity index (χ4n) is 3.48. The standard InChI is InChI=1S/C22H20O10/c1-29-19-13(31-22-17(26)15(24)16(25)20(32-22)21(27)28)8-7-11-12(23)9-14(30-18(11)19)10-5-3-2-4-6-10/h2-9,15-17,20,22,24-26H,1H3,(H,27,28)/t15-,16-,17+,20-,22-/m1/s1. The van der Waals surface area contributed by atoms with Gasteiger partial charge in [0.1, 0.15) is 24.1 Å². The molecule has 1 fully saturated rings. The summed E-state index contributed by atoms with van der Waals surface area (Å²) in [6, 6.07) is 13.1. The number of fused-ring (bicyclic) bond motifs is 1. The minimum Gasteiger partial charge on any atom is -0.490 e. The maximum atomic E-state index is 12.6. The highest BCUT2D eigenvalue weighted by molar-refractivity contribution is 5.86. The third-order valence-corrected chi connectivity index (χ3v) is 5.13. The van der Waals surface area contributed by atoms with Crippen LogP contribution in [0.25, 0.3) is 22.3 Å². The van der Waals surface area contributed by atoms with Crippen molar-refractivity contribution < 1.29 is 43.8 Å². The average Bonchev–Trinajstić information content (AvgIpc) is 2.79. The molecule has 4 rings (SSSR count). The van der Waals surface area contributed by atoms with Gasteiger partial charge in [-0.2, -0.15) is 0 Å². The van der Waals surface area contributed by atoms with Crippen LogP contribution >= 0.6 is 0 Å². The summed E-state index contributed by atoms with van der Waals surface area (Å²) in [6.45, 7) is 0. The first-order valence-electron chi connectivity index (χ1n) is 9.61. The van der Waals surface area contributed by atoms with Crippen molar-refractivity contribution in [1.29, 1.82) is 0 Å². The highest BCUT2D eigenvalue weighted by Gasteiger charge is 2.48. The maximum absolute atomic E-state index is 12.6. The van der Waals surface area contributed by atoms with E-state index in [4.69, 9.17) is 18.6 Å². The minimum absolute atomic E-state index is 0.000618. The second-order valence-corrected chi connectivity index (χ2v) is 7.17. The molecule has 0 unspecified atom stereocenters. The van der Waals surface area contributed by atoms with Crippen molar-refractivity contribution in [2.45, 2.75) is 30.7 Å². The summed E-state index contributed by atoms with van der Waals surface area (Å²) < 4.78 is 22.0. The fourth-order valence-corrected chi connectivity index (χ4v) is 3.48. The fraction of sp³-hybridized carbons (Fsp3) is 0.273. The van der Waals surface area contributed by atoms with Crippen LogP contribution in [0.5, 0.6) is 11.5 Å². The predicted molar refractivity (Wildman–Crippen MR) is 109 cm³/mol. The van der Waals surface area contributed by atoms with Crippen molar-refractivity contribution in [3.8, 4) is 22.8 Å². The molecular formula is C22H20O10. The van der Waals surface area contributed by atoms with Crippen LogP contribution in [0.15, 0.2) is 57.7 Å². The summed E-state index contributed by atoms with van der Waals surface area (Å²) in [4.78, 5) is 24.0. The molecule has 10 heteroatoms. The zero-order valence-corrected chi connectivity index (χ0v) is 16.7. The Labute approximate surface area is 180 Å². The van der Waals surface area contributed by atoms with Gasteiger partial charge < -0.3 is 39.1 Å². The van der Waals surface area contributed by atoms with Gasteiger partial charge in [0.05, 0.1) is 12.5 Å². The van der Waals surface area contributed by atoms with Gasteiger partial charge in [-0.1, -0.05) is 30.3 Å². The van der Waals surface area contributed by atoms with Crippen molar-refractivity contribution in [2.24, 2.45) is 0 Å². The van der Waals surface area contributed by atoms with E-state index in [1.165, 1.54) is 25.3 Å². The second kappa shape index (κ2) is 8.60. The van der Waals surface area contributed by atoms with Crippen LogP contribution in [0.4, 0.5) is 0 Å². The zero-order chi connectivity index (χ0) is 23.0. The van der Waals surface area contributed by atoms with Gasteiger partial charge in [-0.05, 0) is 12.1 Å². The molecule has 1 aliphatic rings. The number of hydrogen-bond donors (Lipinski definition) is 4. The van der Waals surface area contributed by atoms with Crippen LogP contribution in [0.3, 0.4) is 0 Å². The quantitative estimate of drug-likeness (QED) is 0.443. The summed E-state index contributed by atoms with van der Waals surface area (Å²) in [7, 11) is 1.31. The van der Waals surface area contributed by atoms with Crippen LogP contribution in [0, 0.1) is 0 Å². The molecular weight excluding hydrogens is 424 g/mol. The van der Waals surface area contributed by atoms with E-state index in [2.05, 4.69) is 0 Å². The monoisotopic (exact) mass is 444 g/mol. The van der Waals surface area contributed by atoms with Gasteiger partial charge in [-0.25, -0.2) is 4.79 Å². The highest BCUT2D eigenvalue weighted by atomic mass is 16.7. The van der Waals surface area contributed by atoms with Gasteiger partial charge in [0.25, 0.3) is 0 Å². The van der Waals surface area contributed by atoms with E-state index < -0.39 is 36.7 Å². The SMILES string of the molecule is COc1c(O[C@@H]2O[C@@H](C(=O)O)[C@H](O)[C@@H](O)[C@@H]2O)ccc2c(=O)cc(-c3ccccc3)oc12. The lowest BCUT2D eigenvalue weighted by atomic mass is 9.99. The minimum atomic E-state index is -1.85. The maximum Gasteiger partial charge on any atom is 0.335 e. The number of methoxy groups -OCH3 is 1. The number of benzene rings is 2. The van der Waals surface area contributed by atoms with Crippen LogP contribution in [-0.2, 0) is 9.53 Å². The van der Waals surface area contributed by atoms with E-state index in [1.54, 1.807) is 24.3 Å². The lowest BCUT2D eigenvalue weighted by Gasteiger charge is -2.38. The van der Waals surface area contributed by atoms with Crippen LogP contribution in [0.2, 0.25) is 0 Å². The Morgan fingerprint density at radius 1 is 1.00 bits per heavy atom.